The number of nitrogens with zero attached hydrogens (tertiary/aromatic N) is 1. The Morgan fingerprint density at radius 1 is 1.34 bits per heavy atom. The summed E-state index contributed by atoms with van der Waals surface area (Å²) >= 11 is 0. The minimum absolute atomic E-state index is 0.124. The van der Waals surface area contributed by atoms with Crippen molar-refractivity contribution in [2.24, 2.45) is 0 Å². The first kappa shape index (κ1) is 22.4. The highest BCUT2D eigenvalue weighted by atomic mass is 31.2. The van der Waals surface area contributed by atoms with Crippen LogP contribution < -0.4 is 11.2 Å². The fraction of sp³-hybridized carbons (Fsp3) is 0.765. The van der Waals surface area contributed by atoms with E-state index in [0.717, 1.165) is 0 Å². The number of ether oxygens (including phenoxy) is 3. The van der Waals surface area contributed by atoms with Crippen molar-refractivity contribution in [3.63, 3.8) is 0 Å². The van der Waals surface area contributed by atoms with Crippen LogP contribution in [0.2, 0.25) is 0 Å². The predicted molar refractivity (Wildman–Crippen MR) is 100 cm³/mol. The number of aliphatic hydroxyl groups is 1. The van der Waals surface area contributed by atoms with Gasteiger partial charge in [-0.2, -0.15) is 0 Å². The largest absolute Gasteiger partial charge is 0.381 e. The maximum Gasteiger partial charge on any atom is 0.356 e. The second kappa shape index (κ2) is 7.42. The standard InChI is InChI=1S/C17H27N2O9P/c1-9(20)29(23,24)28-16(2,3)8-10-12-13(27-17(4,5)26-12)14(25-10)19-7-6-11(21)18-15(19)22/h6-7,9-10,12-14,20H,8H2,1-5H3,(H,23,24)(H,18,21,22)/t9?,10-,12-,13-,14-/m1/s1. The van der Waals surface area contributed by atoms with Gasteiger partial charge in [0.15, 0.2) is 17.9 Å². The highest BCUT2D eigenvalue weighted by Crippen LogP contribution is 2.52. The van der Waals surface area contributed by atoms with Crippen molar-refractivity contribution in [1.29, 1.82) is 0 Å². The number of H-pyrrole nitrogens is 1. The number of nitrogens with one attached hydrogen (secondary N) is 1. The van der Waals surface area contributed by atoms with Crippen LogP contribution >= 0.6 is 7.60 Å². The molecule has 3 heterocycles. The summed E-state index contributed by atoms with van der Waals surface area (Å²) in [6.07, 6.45) is -1.30. The summed E-state index contributed by atoms with van der Waals surface area (Å²) in [6.45, 7) is 7.82. The van der Waals surface area contributed by atoms with Crippen LogP contribution in [0, 0.1) is 0 Å². The Kier molecular flexibility index (Phi) is 5.72. The molecule has 2 unspecified atom stereocenters. The molecule has 3 rings (SSSR count). The average Bonchev–Trinajstić information content (AvgIpc) is 3.00. The van der Waals surface area contributed by atoms with Gasteiger partial charge in [0.1, 0.15) is 12.2 Å². The molecule has 0 spiro atoms. The van der Waals surface area contributed by atoms with Crippen LogP contribution in [-0.2, 0) is 23.3 Å². The highest BCUT2D eigenvalue weighted by Gasteiger charge is 2.57. The maximum atomic E-state index is 12.2. The van der Waals surface area contributed by atoms with Crippen LogP contribution in [0.1, 0.15) is 47.3 Å². The smallest absolute Gasteiger partial charge is 0.356 e. The Balaban J connectivity index is 1.87. The number of fused-ring (bicyclic) bond motifs is 1. The first-order valence-corrected chi connectivity index (χ1v) is 10.9. The minimum Gasteiger partial charge on any atom is -0.381 e. The van der Waals surface area contributed by atoms with Gasteiger partial charge < -0.3 is 28.7 Å². The first-order valence-electron chi connectivity index (χ1n) is 9.25. The lowest BCUT2D eigenvalue weighted by atomic mass is 9.97. The molecule has 0 saturated carbocycles. The van der Waals surface area contributed by atoms with E-state index in [2.05, 4.69) is 4.98 Å². The zero-order valence-corrected chi connectivity index (χ0v) is 17.8. The van der Waals surface area contributed by atoms with Gasteiger partial charge in [-0.1, -0.05) is 0 Å². The molecule has 2 saturated heterocycles. The number of hydrogen-bond acceptors (Lipinski definition) is 8. The molecular formula is C17H27N2O9P. The van der Waals surface area contributed by atoms with Gasteiger partial charge in [-0.05, 0) is 34.6 Å². The van der Waals surface area contributed by atoms with Gasteiger partial charge in [-0.25, -0.2) is 4.79 Å². The van der Waals surface area contributed by atoms with E-state index in [1.165, 1.54) is 23.8 Å². The average molecular weight is 434 g/mol. The molecule has 164 valence electrons. The molecule has 2 aliphatic heterocycles. The lowest BCUT2D eigenvalue weighted by molar-refractivity contribution is -0.201. The topological polar surface area (TPSA) is 149 Å². The van der Waals surface area contributed by atoms with Crippen molar-refractivity contribution in [3.05, 3.63) is 33.1 Å². The number of hydrogen-bond donors (Lipinski definition) is 3. The van der Waals surface area contributed by atoms with Gasteiger partial charge in [-0.3, -0.25) is 18.9 Å². The van der Waals surface area contributed by atoms with Gasteiger partial charge in [0.2, 0.25) is 0 Å². The summed E-state index contributed by atoms with van der Waals surface area (Å²) in [7, 11) is -4.25. The van der Waals surface area contributed by atoms with Crippen LogP contribution in [0.4, 0.5) is 0 Å². The Labute approximate surface area is 167 Å². The molecule has 0 amide bonds. The van der Waals surface area contributed by atoms with Crippen LogP contribution in [0.3, 0.4) is 0 Å². The lowest BCUT2D eigenvalue weighted by Crippen LogP contribution is -2.37. The number of aromatic amines is 1. The molecule has 2 fully saturated rings. The van der Waals surface area contributed by atoms with E-state index >= 15 is 0 Å². The lowest BCUT2D eigenvalue weighted by Gasteiger charge is -2.32. The highest BCUT2D eigenvalue weighted by molar-refractivity contribution is 7.53. The summed E-state index contributed by atoms with van der Waals surface area (Å²) in [5.74, 6) is -2.48. The number of rotatable bonds is 6. The minimum atomic E-state index is -4.25. The Morgan fingerprint density at radius 2 is 1.97 bits per heavy atom. The van der Waals surface area contributed by atoms with Crippen molar-refractivity contribution in [1.82, 2.24) is 9.55 Å². The number of aliphatic hydroxyl groups excluding tert-OH is 1. The van der Waals surface area contributed by atoms with Crippen molar-refractivity contribution < 1.29 is 33.3 Å². The molecule has 12 heteroatoms. The Morgan fingerprint density at radius 3 is 2.55 bits per heavy atom. The van der Waals surface area contributed by atoms with Crippen LogP contribution in [0.25, 0.3) is 0 Å². The molecule has 11 nitrogen and oxygen atoms in total. The summed E-state index contributed by atoms with van der Waals surface area (Å²) in [5, 5.41) is 9.49. The molecule has 0 aliphatic carbocycles. The van der Waals surface area contributed by atoms with E-state index in [0.29, 0.717) is 0 Å². The molecule has 6 atom stereocenters. The van der Waals surface area contributed by atoms with Crippen molar-refractivity contribution in [2.45, 2.75) is 82.8 Å². The molecule has 0 aromatic carbocycles. The maximum absolute atomic E-state index is 12.2. The van der Waals surface area contributed by atoms with E-state index in [1.54, 1.807) is 27.7 Å². The van der Waals surface area contributed by atoms with Crippen molar-refractivity contribution in [3.8, 4) is 0 Å². The summed E-state index contributed by atoms with van der Waals surface area (Å²) in [5.41, 5.74) is -2.34. The third kappa shape index (κ3) is 4.72. The van der Waals surface area contributed by atoms with Gasteiger partial charge in [0.25, 0.3) is 5.56 Å². The monoisotopic (exact) mass is 434 g/mol. The van der Waals surface area contributed by atoms with E-state index in [-0.39, 0.29) is 6.42 Å². The van der Waals surface area contributed by atoms with Gasteiger partial charge in [0, 0.05) is 18.7 Å². The van der Waals surface area contributed by atoms with Gasteiger partial charge in [-0.15, -0.1) is 0 Å². The molecule has 29 heavy (non-hydrogen) atoms. The Hall–Kier alpha value is -1.33. The SMILES string of the molecule is CC(O)P(=O)(O)OC(C)(C)C[C@H]1O[C@@H](n2ccc(=O)[nH]c2=O)[C@@H]2OC(C)(C)O[C@@H]21. The zero-order chi connectivity index (χ0) is 21.8. The molecule has 0 bridgehead atoms. The van der Waals surface area contributed by atoms with E-state index in [4.69, 9.17) is 18.7 Å². The summed E-state index contributed by atoms with van der Waals surface area (Å²) in [4.78, 5) is 35.7. The van der Waals surface area contributed by atoms with Gasteiger partial charge >= 0.3 is 13.3 Å². The van der Waals surface area contributed by atoms with E-state index in [1.807, 2.05) is 0 Å². The summed E-state index contributed by atoms with van der Waals surface area (Å²) in [6, 6.07) is 1.20. The number of aromatic nitrogens is 2. The van der Waals surface area contributed by atoms with Crippen LogP contribution in [0.15, 0.2) is 21.9 Å². The molecule has 3 N–H and O–H groups in total. The normalized spacial score (nSPS) is 32.0. The quantitative estimate of drug-likeness (QED) is 0.549. The van der Waals surface area contributed by atoms with Crippen molar-refractivity contribution >= 4 is 7.60 Å². The van der Waals surface area contributed by atoms with E-state index in [9.17, 15) is 24.2 Å². The predicted octanol–water partition coefficient (Wildman–Crippen LogP) is 0.663. The molecule has 1 aromatic heterocycles. The third-order valence-electron chi connectivity index (χ3n) is 4.79. The fourth-order valence-corrected chi connectivity index (χ4v) is 4.56. The van der Waals surface area contributed by atoms with Crippen LogP contribution in [0.5, 0.6) is 0 Å². The molecule has 0 radical (unpaired) electrons. The van der Waals surface area contributed by atoms with Crippen molar-refractivity contribution in [2.75, 3.05) is 0 Å². The molecule has 1 aromatic rings. The van der Waals surface area contributed by atoms with Gasteiger partial charge in [0.05, 0.1) is 11.7 Å². The second-order valence-corrected chi connectivity index (χ2v) is 10.5. The third-order valence-corrected chi connectivity index (χ3v) is 6.49. The first-order chi connectivity index (χ1) is 13.2. The second-order valence-electron chi connectivity index (χ2n) is 8.40. The summed E-state index contributed by atoms with van der Waals surface area (Å²) < 4.78 is 36.5. The fourth-order valence-electron chi connectivity index (χ4n) is 3.63. The molecule has 2 aliphatic rings. The Bertz CT molecular complexity index is 922. The van der Waals surface area contributed by atoms with E-state index < -0.39 is 60.6 Å². The van der Waals surface area contributed by atoms with Crippen LogP contribution in [-0.4, -0.2) is 55.1 Å². The molecular weight excluding hydrogens is 407 g/mol. The zero-order valence-electron chi connectivity index (χ0n) is 16.9.